The summed E-state index contributed by atoms with van der Waals surface area (Å²) in [7, 11) is 0. The lowest BCUT2D eigenvalue weighted by Gasteiger charge is -2.22. The molecule has 0 aromatic heterocycles. The molecule has 0 aliphatic heterocycles. The minimum absolute atomic E-state index is 0.0329. The highest BCUT2D eigenvalue weighted by Crippen LogP contribution is 2.44. The van der Waals surface area contributed by atoms with Gasteiger partial charge in [-0.05, 0) is 46.4 Å². The third-order valence-corrected chi connectivity index (χ3v) is 6.52. The molecule has 0 saturated heterocycles. The third-order valence-electron chi connectivity index (χ3n) is 6.52. The van der Waals surface area contributed by atoms with Crippen LogP contribution in [0.5, 0.6) is 5.75 Å². The van der Waals surface area contributed by atoms with Gasteiger partial charge in [0.1, 0.15) is 24.4 Å². The average molecular weight is 503 g/mol. The molecular weight excluding hydrogens is 472 g/mol. The van der Waals surface area contributed by atoms with Crippen molar-refractivity contribution < 1.29 is 29.3 Å². The second kappa shape index (κ2) is 11.6. The molecular formula is C29H30N2O6. The van der Waals surface area contributed by atoms with Crippen LogP contribution in [0.25, 0.3) is 11.1 Å². The number of alkyl carbamates (subject to hydrolysis) is 1. The van der Waals surface area contributed by atoms with Gasteiger partial charge in [-0.2, -0.15) is 0 Å². The first-order valence-electron chi connectivity index (χ1n) is 12.3. The van der Waals surface area contributed by atoms with Gasteiger partial charge in [-0.1, -0.05) is 74.0 Å². The molecule has 0 unspecified atom stereocenters. The van der Waals surface area contributed by atoms with E-state index in [-0.39, 0.29) is 24.7 Å². The highest BCUT2D eigenvalue weighted by atomic mass is 16.5. The summed E-state index contributed by atoms with van der Waals surface area (Å²) in [4.78, 5) is 37.4. The molecule has 0 heterocycles. The molecule has 3 aromatic carbocycles. The zero-order valence-electron chi connectivity index (χ0n) is 20.5. The van der Waals surface area contributed by atoms with E-state index in [4.69, 9.17) is 4.74 Å². The Balaban J connectivity index is 1.38. The van der Waals surface area contributed by atoms with Gasteiger partial charge in [0.25, 0.3) is 0 Å². The fourth-order valence-corrected chi connectivity index (χ4v) is 4.68. The largest absolute Gasteiger partial charge is 0.508 e. The molecule has 2 amide bonds. The molecule has 0 spiro atoms. The number of phenolic OH excluding ortho intramolecular Hbond substituents is 1. The maximum Gasteiger partial charge on any atom is 0.407 e. The van der Waals surface area contributed by atoms with Gasteiger partial charge in [0.2, 0.25) is 5.91 Å². The van der Waals surface area contributed by atoms with Crippen molar-refractivity contribution in [1.29, 1.82) is 0 Å². The van der Waals surface area contributed by atoms with E-state index in [0.29, 0.717) is 18.4 Å². The van der Waals surface area contributed by atoms with Crippen LogP contribution in [0, 0.1) is 0 Å². The minimum atomic E-state index is -1.20. The normalized spacial score (nSPS) is 13.6. The number of benzene rings is 3. The fourth-order valence-electron chi connectivity index (χ4n) is 4.68. The van der Waals surface area contributed by atoms with E-state index in [9.17, 15) is 24.6 Å². The lowest BCUT2D eigenvalue weighted by molar-refractivity contribution is -0.142. The summed E-state index contributed by atoms with van der Waals surface area (Å²) in [5, 5.41) is 24.2. The number of aliphatic carboxylic acids is 1. The fraction of sp³-hybridized carbons (Fsp3) is 0.276. The summed E-state index contributed by atoms with van der Waals surface area (Å²) in [6.45, 7) is 1.98. The van der Waals surface area contributed by atoms with E-state index in [1.165, 1.54) is 12.1 Å². The quantitative estimate of drug-likeness (QED) is 0.329. The van der Waals surface area contributed by atoms with E-state index >= 15 is 0 Å². The van der Waals surface area contributed by atoms with Gasteiger partial charge >= 0.3 is 12.1 Å². The van der Waals surface area contributed by atoms with Gasteiger partial charge in [-0.3, -0.25) is 4.79 Å². The Labute approximate surface area is 215 Å². The zero-order chi connectivity index (χ0) is 26.4. The van der Waals surface area contributed by atoms with Crippen LogP contribution in [0.4, 0.5) is 4.79 Å². The van der Waals surface area contributed by atoms with Gasteiger partial charge in [-0.25, -0.2) is 9.59 Å². The van der Waals surface area contributed by atoms with Gasteiger partial charge in [0.15, 0.2) is 0 Å². The topological polar surface area (TPSA) is 125 Å². The van der Waals surface area contributed by atoms with E-state index in [2.05, 4.69) is 10.6 Å². The molecule has 8 heteroatoms. The first-order valence-corrected chi connectivity index (χ1v) is 12.3. The first-order chi connectivity index (χ1) is 17.9. The molecule has 0 saturated carbocycles. The van der Waals surface area contributed by atoms with Crippen LogP contribution in [0.3, 0.4) is 0 Å². The van der Waals surface area contributed by atoms with Crippen molar-refractivity contribution in [2.24, 2.45) is 0 Å². The maximum atomic E-state index is 12.9. The van der Waals surface area contributed by atoms with Crippen molar-refractivity contribution in [3.8, 4) is 16.9 Å². The van der Waals surface area contributed by atoms with E-state index in [1.807, 2.05) is 55.5 Å². The number of hydrogen-bond acceptors (Lipinski definition) is 5. The molecule has 37 heavy (non-hydrogen) atoms. The monoisotopic (exact) mass is 502 g/mol. The van der Waals surface area contributed by atoms with Gasteiger partial charge in [-0.15, -0.1) is 0 Å². The molecule has 8 nitrogen and oxygen atoms in total. The van der Waals surface area contributed by atoms with Crippen LogP contribution in [0.1, 0.15) is 42.4 Å². The number of aromatic hydroxyl groups is 1. The summed E-state index contributed by atoms with van der Waals surface area (Å²) in [6.07, 6.45) is 0.213. The number of carboxylic acids is 1. The van der Waals surface area contributed by atoms with E-state index in [1.54, 1.807) is 12.1 Å². The Kier molecular flexibility index (Phi) is 8.08. The lowest BCUT2D eigenvalue weighted by atomic mass is 9.98. The Morgan fingerprint density at radius 2 is 1.46 bits per heavy atom. The summed E-state index contributed by atoms with van der Waals surface area (Å²) in [5.74, 6) is -1.84. The average Bonchev–Trinajstić information content (AvgIpc) is 3.21. The van der Waals surface area contributed by atoms with Gasteiger partial charge < -0.3 is 25.6 Å². The molecule has 4 rings (SSSR count). The number of ether oxygens (including phenoxy) is 1. The maximum absolute atomic E-state index is 12.9. The summed E-state index contributed by atoms with van der Waals surface area (Å²) >= 11 is 0. The second-order valence-corrected chi connectivity index (χ2v) is 9.08. The standard InChI is InChI=1S/C29H30N2O6/c1-2-7-25(27(33)30-26(28(34)35)16-18-12-14-19(32)15-13-18)31-29(36)37-17-24-22-10-5-3-8-20(22)21-9-4-6-11-23(21)24/h3-6,8-15,24-26,32H,2,7,16-17H2,1H3,(H,30,33)(H,31,36)(H,34,35)/t25-,26-/m0/s1. The number of phenols is 1. The number of carbonyl (C=O) groups excluding carboxylic acids is 2. The molecule has 0 radical (unpaired) electrons. The molecule has 2 atom stereocenters. The number of hydrogen-bond donors (Lipinski definition) is 4. The molecule has 1 aliphatic carbocycles. The van der Waals surface area contributed by atoms with Crippen LogP contribution in [-0.2, 0) is 20.7 Å². The van der Waals surface area contributed by atoms with Crippen molar-refractivity contribution in [2.45, 2.75) is 44.2 Å². The molecule has 0 fully saturated rings. The number of rotatable bonds is 10. The highest BCUT2D eigenvalue weighted by molar-refractivity contribution is 5.89. The number of carbonyl (C=O) groups is 3. The van der Waals surface area contributed by atoms with Gasteiger partial charge in [0, 0.05) is 12.3 Å². The van der Waals surface area contributed by atoms with Crippen LogP contribution in [0.15, 0.2) is 72.8 Å². The summed E-state index contributed by atoms with van der Waals surface area (Å²) in [5.41, 5.74) is 5.03. The molecule has 0 bridgehead atoms. The van der Waals surface area contributed by atoms with E-state index < -0.39 is 30.1 Å². The Morgan fingerprint density at radius 1 is 0.865 bits per heavy atom. The molecule has 4 N–H and O–H groups in total. The Bertz CT molecular complexity index is 1230. The third kappa shape index (κ3) is 6.09. The second-order valence-electron chi connectivity index (χ2n) is 9.08. The number of carboxylic acid groups (broad SMARTS) is 1. The van der Waals surface area contributed by atoms with Crippen molar-refractivity contribution in [2.75, 3.05) is 6.61 Å². The van der Waals surface area contributed by atoms with Crippen LogP contribution in [-0.4, -0.2) is 46.9 Å². The first kappa shape index (κ1) is 25.8. The highest BCUT2D eigenvalue weighted by Gasteiger charge is 2.30. The molecule has 192 valence electrons. The molecule has 3 aromatic rings. The number of amides is 2. The Morgan fingerprint density at radius 3 is 2.03 bits per heavy atom. The van der Waals surface area contributed by atoms with Crippen molar-refractivity contribution in [3.05, 3.63) is 89.5 Å². The predicted octanol–water partition coefficient (Wildman–Crippen LogP) is 4.21. The van der Waals surface area contributed by atoms with Crippen LogP contribution >= 0.6 is 0 Å². The van der Waals surface area contributed by atoms with Crippen molar-refractivity contribution in [3.63, 3.8) is 0 Å². The van der Waals surface area contributed by atoms with Crippen LogP contribution in [0.2, 0.25) is 0 Å². The van der Waals surface area contributed by atoms with Gasteiger partial charge in [0.05, 0.1) is 0 Å². The Hall–Kier alpha value is -4.33. The zero-order valence-corrected chi connectivity index (χ0v) is 20.5. The SMILES string of the molecule is CCC[C@H](NC(=O)OCC1c2ccccc2-c2ccccc21)C(=O)N[C@@H](Cc1ccc(O)cc1)C(=O)O. The minimum Gasteiger partial charge on any atom is -0.508 e. The van der Waals surface area contributed by atoms with Crippen molar-refractivity contribution >= 4 is 18.0 Å². The summed E-state index contributed by atoms with van der Waals surface area (Å²) in [6, 6.07) is 20.0. The number of nitrogens with one attached hydrogen (secondary N) is 2. The summed E-state index contributed by atoms with van der Waals surface area (Å²) < 4.78 is 5.56. The smallest absolute Gasteiger partial charge is 0.407 e. The van der Waals surface area contributed by atoms with E-state index in [0.717, 1.165) is 22.3 Å². The number of fused-ring (bicyclic) bond motifs is 3. The molecule has 1 aliphatic rings. The lowest BCUT2D eigenvalue weighted by Crippen LogP contribution is -2.52. The predicted molar refractivity (Wildman–Crippen MR) is 138 cm³/mol. The van der Waals surface area contributed by atoms with Crippen LogP contribution < -0.4 is 10.6 Å². The van der Waals surface area contributed by atoms with Crippen molar-refractivity contribution in [1.82, 2.24) is 10.6 Å².